The van der Waals surface area contributed by atoms with E-state index in [9.17, 15) is 14.4 Å². The number of Topliss-reactive ketones (excluding diaryl/α,β-unsaturated/α-hetero) is 1. The molecule has 0 spiro atoms. The van der Waals surface area contributed by atoms with Gasteiger partial charge in [0.1, 0.15) is 12.4 Å². The molecule has 0 unspecified atom stereocenters. The quantitative estimate of drug-likeness (QED) is 0.842. The summed E-state index contributed by atoms with van der Waals surface area (Å²) in [6.07, 6.45) is 0.474. The molecule has 0 atom stereocenters. The highest BCUT2D eigenvalue weighted by Crippen LogP contribution is 2.09. The van der Waals surface area contributed by atoms with Gasteiger partial charge in [-0.2, -0.15) is 4.68 Å². The van der Waals surface area contributed by atoms with Crippen LogP contribution in [0.4, 0.5) is 0 Å². The van der Waals surface area contributed by atoms with Gasteiger partial charge in [-0.25, -0.2) is 9.99 Å². The van der Waals surface area contributed by atoms with Crippen LogP contribution in [0.15, 0.2) is 29.1 Å². The van der Waals surface area contributed by atoms with E-state index in [1.54, 1.807) is 24.3 Å². The molecule has 1 heterocycles. The summed E-state index contributed by atoms with van der Waals surface area (Å²) in [5.41, 5.74) is 0.246. The van der Waals surface area contributed by atoms with Gasteiger partial charge in [0.05, 0.1) is 10.9 Å². The predicted octanol–water partition coefficient (Wildman–Crippen LogP) is 1.03. The number of para-hydroxylation sites is 1. The summed E-state index contributed by atoms with van der Waals surface area (Å²) >= 11 is 0. The molecule has 0 saturated heterocycles. The summed E-state index contributed by atoms with van der Waals surface area (Å²) in [4.78, 5) is 40.3. The van der Waals surface area contributed by atoms with Gasteiger partial charge in [0.15, 0.2) is 5.78 Å². The second kappa shape index (κ2) is 5.87. The van der Waals surface area contributed by atoms with Crippen molar-refractivity contribution < 1.29 is 9.59 Å². The molecule has 1 aromatic carbocycles. The molecule has 6 heteroatoms. The first-order valence-electron chi connectivity index (χ1n) is 6.74. The summed E-state index contributed by atoms with van der Waals surface area (Å²) in [5, 5.41) is 1.56. The van der Waals surface area contributed by atoms with Gasteiger partial charge in [0.25, 0.3) is 5.56 Å². The van der Waals surface area contributed by atoms with Crippen LogP contribution in [0.25, 0.3) is 10.9 Å². The molecule has 0 aliphatic carbocycles. The number of nitrogens with zero attached hydrogens (tertiary/aromatic N) is 3. The topological polar surface area (TPSA) is 72.3 Å². The van der Waals surface area contributed by atoms with E-state index in [-0.39, 0.29) is 23.8 Å². The van der Waals surface area contributed by atoms with Crippen LogP contribution in [0.3, 0.4) is 0 Å². The number of aryl methyl sites for hydroxylation is 1. The van der Waals surface area contributed by atoms with Crippen molar-refractivity contribution in [2.45, 2.75) is 27.2 Å². The fourth-order valence-electron chi connectivity index (χ4n) is 2.18. The van der Waals surface area contributed by atoms with Crippen molar-refractivity contribution in [3.05, 3.63) is 40.4 Å². The number of rotatable bonds is 4. The maximum atomic E-state index is 12.7. The normalized spacial score (nSPS) is 10.6. The highest BCUT2D eigenvalue weighted by molar-refractivity contribution is 5.91. The Labute approximate surface area is 122 Å². The van der Waals surface area contributed by atoms with Crippen LogP contribution in [0, 0.1) is 0 Å². The van der Waals surface area contributed by atoms with Crippen LogP contribution in [-0.2, 0) is 16.0 Å². The smallest absolute Gasteiger partial charge is 0.280 e. The lowest BCUT2D eigenvalue weighted by molar-refractivity contribution is -0.122. The molecule has 6 nitrogen and oxygen atoms in total. The number of aromatic nitrogens is 2. The Morgan fingerprint density at radius 2 is 1.90 bits per heavy atom. The summed E-state index contributed by atoms with van der Waals surface area (Å²) in [5.74, 6) is -0.124. The molecule has 0 aliphatic heterocycles. The van der Waals surface area contributed by atoms with Crippen LogP contribution < -0.4 is 10.6 Å². The summed E-state index contributed by atoms with van der Waals surface area (Å²) in [6.45, 7) is 4.40. The van der Waals surface area contributed by atoms with Gasteiger partial charge in [-0.05, 0) is 19.1 Å². The molecule has 0 bridgehead atoms. The molecule has 0 saturated carbocycles. The Kier molecular flexibility index (Phi) is 4.16. The Bertz CT molecular complexity index is 764. The van der Waals surface area contributed by atoms with Gasteiger partial charge in [-0.3, -0.25) is 14.4 Å². The first-order valence-corrected chi connectivity index (χ1v) is 6.74. The average molecular weight is 287 g/mol. The minimum atomic E-state index is -0.376. The second-order valence-electron chi connectivity index (χ2n) is 4.79. The third-order valence-corrected chi connectivity index (χ3v) is 3.11. The summed E-state index contributed by atoms with van der Waals surface area (Å²) in [7, 11) is 0. The number of carbonyl (C=O) groups excluding carboxylic acids is 2. The van der Waals surface area contributed by atoms with Crippen molar-refractivity contribution in [1.82, 2.24) is 9.66 Å². The number of hydrogen-bond acceptors (Lipinski definition) is 4. The van der Waals surface area contributed by atoms with E-state index in [1.165, 1.54) is 18.5 Å². The standard InChI is InChI=1S/C15H17N3O3/c1-4-14-16-13-8-6-5-7-12(13)15(21)18(14)17(11(3)20)9-10(2)19/h5-8H,4,9H2,1-3H3. The van der Waals surface area contributed by atoms with Crippen LogP contribution in [0.5, 0.6) is 0 Å². The lowest BCUT2D eigenvalue weighted by Gasteiger charge is -2.24. The first-order chi connectivity index (χ1) is 9.95. The minimum absolute atomic E-state index is 0.151. The molecule has 2 aromatic rings. The van der Waals surface area contributed by atoms with Crippen LogP contribution >= 0.6 is 0 Å². The summed E-state index contributed by atoms with van der Waals surface area (Å²) in [6, 6.07) is 6.96. The summed E-state index contributed by atoms with van der Waals surface area (Å²) < 4.78 is 1.21. The highest BCUT2D eigenvalue weighted by atomic mass is 16.2. The Balaban J connectivity index is 2.76. The fourth-order valence-corrected chi connectivity index (χ4v) is 2.18. The first kappa shape index (κ1) is 14.9. The van der Waals surface area contributed by atoms with E-state index >= 15 is 0 Å². The molecule has 2 rings (SSSR count). The SMILES string of the molecule is CCc1nc2ccccc2c(=O)n1N(CC(C)=O)C(C)=O. The van der Waals surface area contributed by atoms with E-state index < -0.39 is 0 Å². The molecule has 110 valence electrons. The maximum absolute atomic E-state index is 12.7. The van der Waals surface area contributed by atoms with E-state index in [0.29, 0.717) is 23.1 Å². The van der Waals surface area contributed by atoms with E-state index in [0.717, 1.165) is 5.01 Å². The number of benzene rings is 1. The number of amides is 1. The fraction of sp³-hybridized carbons (Fsp3) is 0.333. The molecule has 1 aromatic heterocycles. The lowest BCUT2D eigenvalue weighted by atomic mass is 10.2. The van der Waals surface area contributed by atoms with Crippen molar-refractivity contribution in [2.24, 2.45) is 0 Å². The van der Waals surface area contributed by atoms with Gasteiger partial charge >= 0.3 is 0 Å². The third-order valence-electron chi connectivity index (χ3n) is 3.11. The average Bonchev–Trinajstić information content (AvgIpc) is 2.44. The van der Waals surface area contributed by atoms with Crippen molar-refractivity contribution in [3.8, 4) is 0 Å². The Morgan fingerprint density at radius 1 is 1.24 bits per heavy atom. The van der Waals surface area contributed by atoms with Crippen LogP contribution in [0.1, 0.15) is 26.6 Å². The monoisotopic (exact) mass is 287 g/mol. The zero-order chi connectivity index (χ0) is 15.6. The number of ketones is 1. The van der Waals surface area contributed by atoms with Crippen molar-refractivity contribution >= 4 is 22.6 Å². The molecule has 0 N–H and O–H groups in total. The van der Waals surface area contributed by atoms with Gasteiger partial charge in [0, 0.05) is 13.3 Å². The zero-order valence-electron chi connectivity index (χ0n) is 12.3. The van der Waals surface area contributed by atoms with E-state index in [4.69, 9.17) is 0 Å². The maximum Gasteiger partial charge on any atom is 0.280 e. The Hall–Kier alpha value is -2.50. The minimum Gasteiger partial charge on any atom is -0.298 e. The zero-order valence-corrected chi connectivity index (χ0v) is 12.3. The van der Waals surface area contributed by atoms with Gasteiger partial charge in [-0.1, -0.05) is 19.1 Å². The largest absolute Gasteiger partial charge is 0.298 e. The predicted molar refractivity (Wildman–Crippen MR) is 79.8 cm³/mol. The van der Waals surface area contributed by atoms with Crippen LogP contribution in [-0.4, -0.2) is 27.9 Å². The second-order valence-corrected chi connectivity index (χ2v) is 4.79. The van der Waals surface area contributed by atoms with Crippen molar-refractivity contribution in [3.63, 3.8) is 0 Å². The molecule has 0 aliphatic rings. The number of hydrogen-bond donors (Lipinski definition) is 0. The highest BCUT2D eigenvalue weighted by Gasteiger charge is 2.19. The molecule has 21 heavy (non-hydrogen) atoms. The molecule has 0 radical (unpaired) electrons. The molecule has 1 amide bonds. The lowest BCUT2D eigenvalue weighted by Crippen LogP contribution is -2.49. The van der Waals surface area contributed by atoms with Crippen molar-refractivity contribution in [2.75, 3.05) is 11.6 Å². The van der Waals surface area contributed by atoms with Crippen molar-refractivity contribution in [1.29, 1.82) is 0 Å². The van der Waals surface area contributed by atoms with Crippen LogP contribution in [0.2, 0.25) is 0 Å². The van der Waals surface area contributed by atoms with Gasteiger partial charge in [0.2, 0.25) is 5.91 Å². The third kappa shape index (κ3) is 2.84. The molecular formula is C15H17N3O3. The molecular weight excluding hydrogens is 270 g/mol. The van der Waals surface area contributed by atoms with E-state index in [2.05, 4.69) is 4.98 Å². The number of carbonyl (C=O) groups is 2. The Morgan fingerprint density at radius 3 is 2.48 bits per heavy atom. The van der Waals surface area contributed by atoms with E-state index in [1.807, 2.05) is 6.92 Å². The van der Waals surface area contributed by atoms with Gasteiger partial charge < -0.3 is 0 Å². The van der Waals surface area contributed by atoms with Gasteiger partial charge in [-0.15, -0.1) is 0 Å². The molecule has 0 fully saturated rings. The number of fused-ring (bicyclic) bond motifs is 1.